The van der Waals surface area contributed by atoms with E-state index in [-0.39, 0.29) is 5.56 Å². The van der Waals surface area contributed by atoms with Crippen molar-refractivity contribution in [3.8, 4) is 0 Å². The molecule has 8 heteroatoms. The maximum absolute atomic E-state index is 12.3. The average molecular weight is 274 g/mol. The molecule has 0 N–H and O–H groups in total. The fraction of sp³-hybridized carbons (Fsp3) is 0.375. The largest absolute Gasteiger partial charge is 0.502 e. The third-order valence-electron chi connectivity index (χ3n) is 1.82. The molecule has 0 saturated heterocycles. The molecular formula is C8H7ClF3NO2S. The van der Waals surface area contributed by atoms with Crippen molar-refractivity contribution in [2.75, 3.05) is 0 Å². The molecule has 0 radical (unpaired) electrons. The Labute approximate surface area is 95.2 Å². The van der Waals surface area contributed by atoms with E-state index in [4.69, 9.17) is 11.6 Å². The van der Waals surface area contributed by atoms with Crippen molar-refractivity contribution in [1.29, 1.82) is 0 Å². The van der Waals surface area contributed by atoms with Crippen LogP contribution in [0.2, 0.25) is 5.15 Å². The summed E-state index contributed by atoms with van der Waals surface area (Å²) in [4.78, 5) is 2.52. The lowest BCUT2D eigenvalue weighted by atomic mass is 10.2. The van der Waals surface area contributed by atoms with Gasteiger partial charge in [0.05, 0.1) is 0 Å². The summed E-state index contributed by atoms with van der Waals surface area (Å²) in [5, 5.41) is -0.658. The summed E-state index contributed by atoms with van der Waals surface area (Å²) < 4.78 is 59.2. The van der Waals surface area contributed by atoms with Gasteiger partial charge in [-0.15, -0.1) is 0 Å². The van der Waals surface area contributed by atoms with E-state index >= 15 is 0 Å². The van der Waals surface area contributed by atoms with Crippen LogP contribution in [0.1, 0.15) is 11.3 Å². The van der Waals surface area contributed by atoms with E-state index in [9.17, 15) is 21.6 Å². The summed E-state index contributed by atoms with van der Waals surface area (Å²) in [6.45, 7) is 2.74. The van der Waals surface area contributed by atoms with Crippen LogP contribution in [0.25, 0.3) is 0 Å². The molecule has 0 fully saturated rings. The van der Waals surface area contributed by atoms with Crippen LogP contribution in [0.4, 0.5) is 13.2 Å². The first-order valence-electron chi connectivity index (χ1n) is 4.02. The van der Waals surface area contributed by atoms with E-state index in [0.717, 1.165) is 0 Å². The summed E-state index contributed by atoms with van der Waals surface area (Å²) in [5.74, 6) is 0. The fourth-order valence-corrected chi connectivity index (χ4v) is 2.79. The monoisotopic (exact) mass is 273 g/mol. The first-order chi connectivity index (χ1) is 7.07. The van der Waals surface area contributed by atoms with Crippen molar-refractivity contribution >= 4 is 21.4 Å². The zero-order chi connectivity index (χ0) is 12.7. The van der Waals surface area contributed by atoms with Crippen LogP contribution in [0.15, 0.2) is 11.0 Å². The molecule has 1 heterocycles. The van der Waals surface area contributed by atoms with Crippen molar-refractivity contribution in [3.05, 3.63) is 22.5 Å². The number of hydrogen-bond donors (Lipinski definition) is 0. The number of hydrogen-bond acceptors (Lipinski definition) is 3. The van der Waals surface area contributed by atoms with Crippen LogP contribution in [-0.2, 0) is 9.84 Å². The van der Waals surface area contributed by atoms with E-state index in [1.807, 2.05) is 0 Å². The predicted molar refractivity (Wildman–Crippen MR) is 52.0 cm³/mol. The lowest BCUT2D eigenvalue weighted by Crippen LogP contribution is -2.24. The first-order valence-corrected chi connectivity index (χ1v) is 5.88. The van der Waals surface area contributed by atoms with Gasteiger partial charge >= 0.3 is 5.51 Å². The average Bonchev–Trinajstić information content (AvgIpc) is 1.97. The highest BCUT2D eigenvalue weighted by Crippen LogP contribution is 2.35. The van der Waals surface area contributed by atoms with E-state index in [1.165, 1.54) is 19.9 Å². The predicted octanol–water partition coefficient (Wildman–Crippen LogP) is 2.65. The molecule has 0 aliphatic carbocycles. The molecule has 16 heavy (non-hydrogen) atoms. The lowest BCUT2D eigenvalue weighted by Gasteiger charge is -2.12. The summed E-state index contributed by atoms with van der Waals surface area (Å²) in [6, 6.07) is 1.23. The number of pyridine rings is 1. The van der Waals surface area contributed by atoms with Crippen molar-refractivity contribution in [2.24, 2.45) is 0 Å². The van der Waals surface area contributed by atoms with Crippen LogP contribution >= 0.6 is 11.6 Å². The van der Waals surface area contributed by atoms with Crippen molar-refractivity contribution < 1.29 is 21.6 Å². The van der Waals surface area contributed by atoms with Gasteiger partial charge in [0.25, 0.3) is 9.84 Å². The molecule has 0 atom stereocenters. The minimum absolute atomic E-state index is 0.0742. The molecule has 0 aromatic carbocycles. The van der Waals surface area contributed by atoms with E-state index < -0.39 is 25.4 Å². The quantitative estimate of drug-likeness (QED) is 0.739. The van der Waals surface area contributed by atoms with Gasteiger partial charge < -0.3 is 0 Å². The molecule has 0 amide bonds. The van der Waals surface area contributed by atoms with Gasteiger partial charge in [-0.1, -0.05) is 11.6 Å². The normalized spacial score (nSPS) is 12.9. The maximum Gasteiger partial charge on any atom is 0.502 e. The third kappa shape index (κ3) is 2.15. The molecule has 0 saturated carbocycles. The highest BCUT2D eigenvalue weighted by molar-refractivity contribution is 7.92. The van der Waals surface area contributed by atoms with Gasteiger partial charge in [0.2, 0.25) is 0 Å². The Morgan fingerprint density at radius 1 is 1.31 bits per heavy atom. The van der Waals surface area contributed by atoms with Gasteiger partial charge in [-0.3, -0.25) is 0 Å². The first kappa shape index (κ1) is 13.2. The van der Waals surface area contributed by atoms with Gasteiger partial charge in [-0.2, -0.15) is 13.2 Å². The molecule has 90 valence electrons. The molecule has 0 spiro atoms. The van der Waals surface area contributed by atoms with Gasteiger partial charge in [0, 0.05) is 5.69 Å². The minimum Gasteiger partial charge on any atom is -0.240 e. The molecule has 0 bridgehead atoms. The third-order valence-corrected chi connectivity index (χ3v) is 3.87. The summed E-state index contributed by atoms with van der Waals surface area (Å²) in [5.41, 5.74) is -5.10. The Morgan fingerprint density at radius 2 is 1.81 bits per heavy atom. The van der Waals surface area contributed by atoms with Crippen LogP contribution in [0.3, 0.4) is 0 Å². The van der Waals surface area contributed by atoms with Crippen LogP contribution < -0.4 is 0 Å². The SMILES string of the molecule is Cc1cc(C)c(S(=O)(=O)C(F)(F)F)c(Cl)n1. The number of aryl methyl sites for hydroxylation is 2. The van der Waals surface area contributed by atoms with E-state index in [0.29, 0.717) is 5.69 Å². The number of nitrogens with zero attached hydrogens (tertiary/aromatic N) is 1. The summed E-state index contributed by atoms with van der Waals surface area (Å²) >= 11 is 5.44. The van der Waals surface area contributed by atoms with Crippen molar-refractivity contribution in [1.82, 2.24) is 4.98 Å². The number of alkyl halides is 3. The molecule has 0 aliphatic heterocycles. The van der Waals surface area contributed by atoms with Crippen molar-refractivity contribution in [3.63, 3.8) is 0 Å². The summed E-state index contributed by atoms with van der Waals surface area (Å²) in [6.07, 6.45) is 0. The zero-order valence-electron chi connectivity index (χ0n) is 8.26. The molecule has 0 aliphatic rings. The highest BCUT2D eigenvalue weighted by Gasteiger charge is 2.49. The second kappa shape index (κ2) is 3.89. The maximum atomic E-state index is 12.3. The molecule has 0 unspecified atom stereocenters. The standard InChI is InChI=1S/C8H7ClF3NO2S/c1-4-3-5(2)13-7(9)6(4)16(14,15)8(10,11)12/h3H,1-2H3. The number of halogens is 4. The topological polar surface area (TPSA) is 47.0 Å². The van der Waals surface area contributed by atoms with Crippen LogP contribution in [0, 0.1) is 13.8 Å². The van der Waals surface area contributed by atoms with Crippen LogP contribution in [0.5, 0.6) is 0 Å². The van der Waals surface area contributed by atoms with Gasteiger partial charge in [-0.05, 0) is 25.5 Å². The molecule has 3 nitrogen and oxygen atoms in total. The number of rotatable bonds is 1. The van der Waals surface area contributed by atoms with Gasteiger partial charge in [0.1, 0.15) is 10.0 Å². The zero-order valence-corrected chi connectivity index (χ0v) is 9.83. The second-order valence-electron chi connectivity index (χ2n) is 3.15. The molecule has 1 aromatic rings. The highest BCUT2D eigenvalue weighted by atomic mass is 35.5. The lowest BCUT2D eigenvalue weighted by molar-refractivity contribution is -0.0436. The van der Waals surface area contributed by atoms with Gasteiger partial charge in [-0.25, -0.2) is 13.4 Å². The second-order valence-corrected chi connectivity index (χ2v) is 5.39. The summed E-state index contributed by atoms with van der Waals surface area (Å²) in [7, 11) is -5.45. The smallest absolute Gasteiger partial charge is 0.240 e. The molecule has 1 rings (SSSR count). The Bertz CT molecular complexity index is 502. The number of sulfone groups is 1. The minimum atomic E-state index is -5.45. The Morgan fingerprint density at radius 3 is 2.19 bits per heavy atom. The number of aromatic nitrogens is 1. The molecule has 1 aromatic heterocycles. The Balaban J connectivity index is 3.59. The van der Waals surface area contributed by atoms with Crippen molar-refractivity contribution in [2.45, 2.75) is 24.3 Å². The Kier molecular flexibility index (Phi) is 3.22. The van der Waals surface area contributed by atoms with Gasteiger partial charge in [0.15, 0.2) is 0 Å². The van der Waals surface area contributed by atoms with Crippen LogP contribution in [-0.4, -0.2) is 18.9 Å². The Hall–Kier alpha value is -0.820. The molecular weight excluding hydrogens is 267 g/mol. The van der Waals surface area contributed by atoms with E-state index in [1.54, 1.807) is 0 Å². The van der Waals surface area contributed by atoms with E-state index in [2.05, 4.69) is 4.98 Å². The fourth-order valence-electron chi connectivity index (χ4n) is 1.22.